The van der Waals surface area contributed by atoms with Crippen LogP contribution in [0.25, 0.3) is 0 Å². The van der Waals surface area contributed by atoms with Crippen LogP contribution in [-0.4, -0.2) is 71.1 Å². The summed E-state index contributed by atoms with van der Waals surface area (Å²) in [6, 6.07) is 0.589. The van der Waals surface area contributed by atoms with Crippen molar-refractivity contribution in [3.63, 3.8) is 0 Å². The number of hydrogen-bond donors (Lipinski definition) is 0. The van der Waals surface area contributed by atoms with Gasteiger partial charge in [-0.05, 0) is 47.0 Å². The lowest BCUT2D eigenvalue weighted by atomic mass is 10.0. The van der Waals surface area contributed by atoms with Crippen LogP contribution < -0.4 is 0 Å². The second kappa shape index (κ2) is 8.70. The highest BCUT2D eigenvalue weighted by atomic mass is 79.9. The van der Waals surface area contributed by atoms with E-state index < -0.39 is 7.52 Å². The smallest absolute Gasteiger partial charge is 0.277 e. The van der Waals surface area contributed by atoms with E-state index >= 15 is 0 Å². The Morgan fingerprint density at radius 3 is 2.16 bits per heavy atom. The summed E-state index contributed by atoms with van der Waals surface area (Å²) in [5.41, 5.74) is 0. The van der Waals surface area contributed by atoms with E-state index in [0.717, 1.165) is 58.7 Å². The van der Waals surface area contributed by atoms with Crippen molar-refractivity contribution in [2.24, 2.45) is 0 Å². The van der Waals surface area contributed by atoms with Crippen molar-refractivity contribution in [1.82, 2.24) is 9.57 Å². The third kappa shape index (κ3) is 5.52. The largest absolute Gasteiger partial charge is 0.379 e. The molecule has 2 unspecified atom stereocenters. The lowest BCUT2D eigenvalue weighted by Crippen LogP contribution is -2.49. The summed E-state index contributed by atoms with van der Waals surface area (Å²) in [6.07, 6.45) is 3.06. The highest BCUT2D eigenvalue weighted by molar-refractivity contribution is 9.10. The average Bonchev–Trinajstić information content (AvgIpc) is 2.60. The molecule has 7 heteroatoms. The van der Waals surface area contributed by atoms with Crippen LogP contribution in [-0.2, 0) is 13.8 Å². The molecule has 2 atom stereocenters. The normalized spacial score (nSPS) is 27.0. The number of nitrogens with zero attached hydrogens (tertiary/aromatic N) is 2. The predicted molar refractivity (Wildman–Crippen MR) is 108 cm³/mol. The quantitative estimate of drug-likeness (QED) is 0.455. The van der Waals surface area contributed by atoms with Gasteiger partial charge in [-0.15, -0.1) is 0 Å². The third-order valence-corrected chi connectivity index (χ3v) is 9.61. The molecule has 0 spiro atoms. The molecule has 2 heterocycles. The van der Waals surface area contributed by atoms with Crippen LogP contribution in [0.1, 0.15) is 53.9 Å². The molecular weight excluding hydrogens is 403 g/mol. The van der Waals surface area contributed by atoms with Gasteiger partial charge in [0.25, 0.3) is 7.52 Å². The molecule has 0 aromatic rings. The molecule has 0 aliphatic carbocycles. The zero-order valence-electron chi connectivity index (χ0n) is 16.6. The van der Waals surface area contributed by atoms with Crippen LogP contribution in [0.2, 0.25) is 0 Å². The van der Waals surface area contributed by atoms with Gasteiger partial charge in [-0.2, -0.15) is 0 Å². The molecule has 25 heavy (non-hydrogen) atoms. The van der Waals surface area contributed by atoms with Crippen LogP contribution in [0.3, 0.4) is 0 Å². The second-order valence-electron chi connectivity index (χ2n) is 8.56. The van der Waals surface area contributed by atoms with E-state index in [0.29, 0.717) is 12.6 Å². The molecule has 2 aliphatic rings. The molecule has 148 valence electrons. The molecular formula is C18H36BrN2O3P. The Bertz CT molecular complexity index is 467. The zero-order valence-corrected chi connectivity index (χ0v) is 19.1. The van der Waals surface area contributed by atoms with E-state index in [2.05, 4.69) is 39.3 Å². The van der Waals surface area contributed by atoms with E-state index in [4.69, 9.17) is 9.26 Å². The third-order valence-electron chi connectivity index (χ3n) is 5.50. The topological polar surface area (TPSA) is 42.0 Å². The summed E-state index contributed by atoms with van der Waals surface area (Å²) in [5, 5.41) is -0.379. The van der Waals surface area contributed by atoms with Crippen molar-refractivity contribution >= 4 is 23.4 Å². The Balaban J connectivity index is 2.01. The molecule has 0 N–H and O–H groups in total. The fourth-order valence-electron chi connectivity index (χ4n) is 3.45. The molecule has 2 saturated heterocycles. The van der Waals surface area contributed by atoms with Gasteiger partial charge in [0.1, 0.15) is 0 Å². The highest BCUT2D eigenvalue weighted by Gasteiger charge is 2.46. The van der Waals surface area contributed by atoms with Crippen molar-refractivity contribution < 1.29 is 13.8 Å². The highest BCUT2D eigenvalue weighted by Crippen LogP contribution is 2.62. The minimum atomic E-state index is -2.89. The van der Waals surface area contributed by atoms with Gasteiger partial charge in [-0.25, -0.2) is 4.67 Å². The van der Waals surface area contributed by atoms with Crippen LogP contribution >= 0.6 is 23.4 Å². The number of piperidine rings is 1. The number of alkyl halides is 1. The van der Waals surface area contributed by atoms with Gasteiger partial charge in [0.05, 0.1) is 25.0 Å². The van der Waals surface area contributed by atoms with E-state index in [9.17, 15) is 4.57 Å². The Labute approximate surface area is 162 Å². The van der Waals surface area contributed by atoms with Gasteiger partial charge in [-0.3, -0.25) is 9.46 Å². The first-order valence-electron chi connectivity index (χ1n) is 9.60. The molecule has 0 bridgehead atoms. The van der Waals surface area contributed by atoms with E-state index in [1.807, 2.05) is 20.8 Å². The number of halogens is 1. The lowest BCUT2D eigenvalue weighted by molar-refractivity contribution is 0.00497. The zero-order chi connectivity index (χ0) is 18.7. The molecule has 2 fully saturated rings. The average molecular weight is 439 g/mol. The number of hydrogen-bond acceptors (Lipinski definition) is 4. The minimum absolute atomic E-state index is 0.125. The van der Waals surface area contributed by atoms with E-state index in [1.54, 1.807) is 0 Å². The van der Waals surface area contributed by atoms with Crippen LogP contribution in [0.5, 0.6) is 0 Å². The fourth-order valence-corrected chi connectivity index (χ4v) is 6.35. The fraction of sp³-hybridized carbons (Fsp3) is 1.00. The van der Waals surface area contributed by atoms with Gasteiger partial charge < -0.3 is 9.26 Å². The van der Waals surface area contributed by atoms with Crippen molar-refractivity contribution in [2.75, 3.05) is 46.0 Å². The van der Waals surface area contributed by atoms with Crippen molar-refractivity contribution in [3.8, 4) is 0 Å². The van der Waals surface area contributed by atoms with Gasteiger partial charge in [-0.1, -0.05) is 22.9 Å². The van der Waals surface area contributed by atoms with Crippen LogP contribution in [0.4, 0.5) is 0 Å². The Morgan fingerprint density at radius 2 is 1.68 bits per heavy atom. The van der Waals surface area contributed by atoms with Crippen LogP contribution in [0.15, 0.2) is 0 Å². The molecule has 2 rings (SSSR count). The Hall–Kier alpha value is 0.550. The molecule has 0 aromatic heterocycles. The molecule has 0 radical (unpaired) electrons. The van der Waals surface area contributed by atoms with Crippen molar-refractivity contribution in [1.29, 1.82) is 0 Å². The molecule has 0 saturated carbocycles. The maximum Gasteiger partial charge on any atom is 0.277 e. The van der Waals surface area contributed by atoms with Gasteiger partial charge >= 0.3 is 0 Å². The number of rotatable bonds is 6. The summed E-state index contributed by atoms with van der Waals surface area (Å²) in [4.78, 5) is 2.54. The summed E-state index contributed by atoms with van der Waals surface area (Å²) in [7, 11) is -2.89. The maximum absolute atomic E-state index is 13.9. The summed E-state index contributed by atoms with van der Waals surface area (Å²) < 4.78 is 27.5. The SMILES string of the molecule is CCC(C)(Br)COP(=O)(N1CCC(N2CCOCC2)CC1)C(C)(C)C. The van der Waals surface area contributed by atoms with E-state index in [-0.39, 0.29) is 9.48 Å². The van der Waals surface area contributed by atoms with E-state index in [1.165, 1.54) is 0 Å². The molecule has 2 aliphatic heterocycles. The van der Waals surface area contributed by atoms with Gasteiger partial charge in [0, 0.05) is 36.5 Å². The second-order valence-corrected chi connectivity index (χ2v) is 13.7. The summed E-state index contributed by atoms with van der Waals surface area (Å²) in [5.74, 6) is 0. The lowest BCUT2D eigenvalue weighted by Gasteiger charge is -2.45. The Morgan fingerprint density at radius 1 is 1.12 bits per heavy atom. The first kappa shape index (κ1) is 21.8. The maximum atomic E-state index is 13.9. The molecule has 0 amide bonds. The monoisotopic (exact) mass is 438 g/mol. The first-order chi connectivity index (χ1) is 11.6. The standard InChI is InChI=1S/C18H36BrN2O3P/c1-6-18(5,19)15-24-25(22,17(2,3)4)21-9-7-16(8-10-21)20-11-13-23-14-12-20/h16H,6-15H2,1-5H3. The number of ether oxygens (including phenoxy) is 1. The Kier molecular flexibility index (Phi) is 7.61. The van der Waals surface area contributed by atoms with Crippen molar-refractivity contribution in [3.05, 3.63) is 0 Å². The van der Waals surface area contributed by atoms with Gasteiger partial charge in [0.15, 0.2) is 0 Å². The summed E-state index contributed by atoms with van der Waals surface area (Å²) in [6.45, 7) is 16.2. The minimum Gasteiger partial charge on any atom is -0.379 e. The summed E-state index contributed by atoms with van der Waals surface area (Å²) >= 11 is 3.70. The van der Waals surface area contributed by atoms with Gasteiger partial charge in [0.2, 0.25) is 0 Å². The number of morpholine rings is 1. The van der Waals surface area contributed by atoms with Crippen LogP contribution in [0, 0.1) is 0 Å². The predicted octanol–water partition coefficient (Wildman–Crippen LogP) is 4.35. The first-order valence-corrected chi connectivity index (χ1v) is 12.0. The molecule has 5 nitrogen and oxygen atoms in total. The molecule has 0 aromatic carbocycles. The van der Waals surface area contributed by atoms with Crippen molar-refractivity contribution in [2.45, 2.75) is 69.4 Å².